The second-order valence-corrected chi connectivity index (χ2v) is 6.90. The third kappa shape index (κ3) is 3.42. The molecule has 2 amide bonds. The van der Waals surface area contributed by atoms with Gasteiger partial charge in [-0.3, -0.25) is 19.1 Å². The van der Waals surface area contributed by atoms with Crippen LogP contribution in [0.5, 0.6) is 0 Å². The highest BCUT2D eigenvalue weighted by Crippen LogP contribution is 2.34. The number of hydrogen-bond acceptors (Lipinski definition) is 4. The van der Waals surface area contributed by atoms with E-state index in [0.29, 0.717) is 31.7 Å². The molecule has 140 valence electrons. The fraction of sp³-hybridized carbons (Fsp3) is 0.368. The predicted molar refractivity (Wildman–Crippen MR) is 96.0 cm³/mol. The van der Waals surface area contributed by atoms with Gasteiger partial charge in [0.15, 0.2) is 0 Å². The molecule has 8 nitrogen and oxygen atoms in total. The molecule has 2 aliphatic rings. The summed E-state index contributed by atoms with van der Waals surface area (Å²) in [5, 5.41) is 16.1. The van der Waals surface area contributed by atoms with Crippen LogP contribution in [0.3, 0.4) is 0 Å². The Balaban J connectivity index is 1.51. The number of amides is 2. The van der Waals surface area contributed by atoms with Crippen LogP contribution >= 0.6 is 0 Å². The number of hydrogen-bond donors (Lipinski definition) is 2. The van der Waals surface area contributed by atoms with Gasteiger partial charge in [0.1, 0.15) is 0 Å². The van der Waals surface area contributed by atoms with Crippen LogP contribution < -0.4 is 5.32 Å². The molecule has 2 aromatic rings. The number of para-hydroxylation sites is 1. The molecule has 8 heteroatoms. The number of carboxylic acids is 1. The van der Waals surface area contributed by atoms with Crippen LogP contribution in [0.1, 0.15) is 35.7 Å². The molecule has 1 unspecified atom stereocenters. The van der Waals surface area contributed by atoms with Crippen LogP contribution in [-0.4, -0.2) is 44.1 Å². The van der Waals surface area contributed by atoms with Gasteiger partial charge in [-0.2, -0.15) is 5.10 Å². The molecule has 1 aromatic heterocycles. The van der Waals surface area contributed by atoms with Crippen LogP contribution in [0.4, 0.5) is 5.69 Å². The highest BCUT2D eigenvalue weighted by Gasteiger charge is 2.34. The number of rotatable bonds is 4. The van der Waals surface area contributed by atoms with Gasteiger partial charge in [0.25, 0.3) is 0 Å². The number of benzene rings is 1. The fourth-order valence-electron chi connectivity index (χ4n) is 3.72. The maximum Gasteiger partial charge on any atom is 0.303 e. The Morgan fingerprint density at radius 1 is 1.26 bits per heavy atom. The van der Waals surface area contributed by atoms with Crippen molar-refractivity contribution in [3.05, 3.63) is 47.3 Å². The molecular formula is C19H20N4O4. The summed E-state index contributed by atoms with van der Waals surface area (Å²) in [4.78, 5) is 37.6. The van der Waals surface area contributed by atoms with Gasteiger partial charge in [-0.1, -0.05) is 18.2 Å². The maximum atomic E-state index is 13.1. The predicted octanol–water partition coefficient (Wildman–Crippen LogP) is 1.37. The molecule has 0 saturated heterocycles. The number of carbonyl (C=O) groups is 3. The Kier molecular flexibility index (Phi) is 4.39. The molecule has 3 heterocycles. The Bertz CT molecular complexity index is 920. The highest BCUT2D eigenvalue weighted by atomic mass is 16.4. The Labute approximate surface area is 155 Å². The van der Waals surface area contributed by atoms with Crippen LogP contribution in [0, 0.1) is 0 Å². The summed E-state index contributed by atoms with van der Waals surface area (Å²) in [7, 11) is 0. The molecule has 0 radical (unpaired) electrons. The smallest absolute Gasteiger partial charge is 0.303 e. The quantitative estimate of drug-likeness (QED) is 0.848. The number of carboxylic acid groups (broad SMARTS) is 1. The zero-order valence-corrected chi connectivity index (χ0v) is 14.7. The third-order valence-corrected chi connectivity index (χ3v) is 5.05. The van der Waals surface area contributed by atoms with E-state index >= 15 is 0 Å². The van der Waals surface area contributed by atoms with E-state index in [0.717, 1.165) is 17.0 Å². The second-order valence-electron chi connectivity index (χ2n) is 6.90. The van der Waals surface area contributed by atoms with Crippen molar-refractivity contribution in [2.24, 2.45) is 0 Å². The molecule has 4 rings (SSSR count). The number of fused-ring (bicyclic) bond motifs is 2. The van der Waals surface area contributed by atoms with E-state index in [2.05, 4.69) is 10.4 Å². The number of carbonyl (C=O) groups excluding carboxylic acids is 2. The molecule has 0 aliphatic carbocycles. The van der Waals surface area contributed by atoms with Crippen molar-refractivity contribution in [2.45, 2.75) is 38.3 Å². The first-order chi connectivity index (χ1) is 13.0. The lowest BCUT2D eigenvalue weighted by atomic mass is 9.89. The van der Waals surface area contributed by atoms with Crippen molar-refractivity contribution in [1.29, 1.82) is 0 Å². The number of aliphatic carboxylic acids is 1. The standard InChI is InChI=1S/C19H20N4O4/c24-17-10-15(14-3-1-2-4-16(14)20-17)19(27)22-7-8-23-13(11-22)9-12(21-23)5-6-18(25)26/h1-4,9,15H,5-8,10-11H2,(H,20,24)(H,25,26). The van der Waals surface area contributed by atoms with Gasteiger partial charge >= 0.3 is 5.97 Å². The zero-order valence-electron chi connectivity index (χ0n) is 14.7. The van der Waals surface area contributed by atoms with E-state index in [1.807, 2.05) is 35.0 Å². The van der Waals surface area contributed by atoms with Crippen molar-refractivity contribution in [2.75, 3.05) is 11.9 Å². The first kappa shape index (κ1) is 17.3. The lowest BCUT2D eigenvalue weighted by Crippen LogP contribution is -2.42. The molecule has 1 aromatic carbocycles. The molecule has 27 heavy (non-hydrogen) atoms. The van der Waals surface area contributed by atoms with Gasteiger partial charge in [-0.25, -0.2) is 0 Å². The van der Waals surface area contributed by atoms with Crippen molar-refractivity contribution < 1.29 is 19.5 Å². The van der Waals surface area contributed by atoms with E-state index in [1.165, 1.54) is 0 Å². The first-order valence-corrected chi connectivity index (χ1v) is 8.96. The summed E-state index contributed by atoms with van der Waals surface area (Å²) in [5.74, 6) is -1.54. The van der Waals surface area contributed by atoms with Crippen LogP contribution in [0.15, 0.2) is 30.3 Å². The van der Waals surface area contributed by atoms with Gasteiger partial charge in [-0.15, -0.1) is 0 Å². The minimum Gasteiger partial charge on any atom is -0.481 e. The van der Waals surface area contributed by atoms with E-state index in [-0.39, 0.29) is 24.7 Å². The monoisotopic (exact) mass is 368 g/mol. The van der Waals surface area contributed by atoms with Gasteiger partial charge in [0.2, 0.25) is 11.8 Å². The average Bonchev–Trinajstić information content (AvgIpc) is 3.07. The topological polar surface area (TPSA) is 105 Å². The van der Waals surface area contributed by atoms with Crippen molar-refractivity contribution in [1.82, 2.24) is 14.7 Å². The molecule has 0 bridgehead atoms. The van der Waals surface area contributed by atoms with E-state index in [9.17, 15) is 14.4 Å². The minimum atomic E-state index is -0.855. The van der Waals surface area contributed by atoms with Crippen LogP contribution in [0.2, 0.25) is 0 Å². The normalized spacial score (nSPS) is 18.4. The molecular weight excluding hydrogens is 348 g/mol. The van der Waals surface area contributed by atoms with E-state index in [4.69, 9.17) is 5.11 Å². The van der Waals surface area contributed by atoms with E-state index in [1.54, 1.807) is 4.90 Å². The van der Waals surface area contributed by atoms with Gasteiger partial charge in [-0.05, 0) is 17.7 Å². The number of aromatic nitrogens is 2. The van der Waals surface area contributed by atoms with E-state index < -0.39 is 11.9 Å². The maximum absolute atomic E-state index is 13.1. The minimum absolute atomic E-state index is 0.0348. The molecule has 1 atom stereocenters. The van der Waals surface area contributed by atoms with Crippen LogP contribution in [-0.2, 0) is 33.9 Å². The largest absolute Gasteiger partial charge is 0.481 e. The summed E-state index contributed by atoms with van der Waals surface area (Å²) in [5.41, 5.74) is 3.17. The number of anilines is 1. The molecule has 0 fully saturated rings. The summed E-state index contributed by atoms with van der Waals surface area (Å²) < 4.78 is 1.84. The molecule has 2 N–H and O–H groups in total. The summed E-state index contributed by atoms with van der Waals surface area (Å²) >= 11 is 0. The summed E-state index contributed by atoms with van der Waals surface area (Å²) in [6.07, 6.45) is 0.558. The van der Waals surface area contributed by atoms with Crippen molar-refractivity contribution in [3.63, 3.8) is 0 Å². The van der Waals surface area contributed by atoms with Gasteiger partial charge in [0, 0.05) is 25.1 Å². The number of aryl methyl sites for hydroxylation is 1. The average molecular weight is 368 g/mol. The summed E-state index contributed by atoms with van der Waals surface area (Å²) in [6, 6.07) is 9.27. The number of nitrogens with one attached hydrogen (secondary N) is 1. The van der Waals surface area contributed by atoms with Crippen molar-refractivity contribution in [3.8, 4) is 0 Å². The Morgan fingerprint density at radius 3 is 2.89 bits per heavy atom. The lowest BCUT2D eigenvalue weighted by Gasteiger charge is -2.33. The van der Waals surface area contributed by atoms with Crippen LogP contribution in [0.25, 0.3) is 0 Å². The van der Waals surface area contributed by atoms with Gasteiger partial charge in [0.05, 0.1) is 36.8 Å². The SMILES string of the molecule is O=C(O)CCc1cc2n(n1)CCN(C(=O)C1CC(=O)Nc3ccccc31)C2. The molecule has 0 spiro atoms. The highest BCUT2D eigenvalue weighted by molar-refractivity contribution is 6.01. The zero-order chi connectivity index (χ0) is 19.0. The van der Waals surface area contributed by atoms with Gasteiger partial charge < -0.3 is 15.3 Å². The molecule has 0 saturated carbocycles. The second kappa shape index (κ2) is 6.86. The third-order valence-electron chi connectivity index (χ3n) is 5.05. The van der Waals surface area contributed by atoms with Crippen molar-refractivity contribution >= 4 is 23.5 Å². The number of nitrogens with zero attached hydrogens (tertiary/aromatic N) is 3. The Morgan fingerprint density at radius 2 is 2.07 bits per heavy atom. The summed E-state index contributed by atoms with van der Waals surface area (Å²) in [6.45, 7) is 1.50. The fourth-order valence-corrected chi connectivity index (χ4v) is 3.72. The first-order valence-electron chi connectivity index (χ1n) is 8.96. The molecule has 2 aliphatic heterocycles. The lowest BCUT2D eigenvalue weighted by molar-refractivity contribution is -0.137. The Hall–Kier alpha value is -3.16.